The number of hydrogen-bond acceptors (Lipinski definition) is 3. The summed E-state index contributed by atoms with van der Waals surface area (Å²) in [5.74, 6) is 0.0382. The first-order valence-corrected chi connectivity index (χ1v) is 6.96. The first-order chi connectivity index (χ1) is 8.69. The second kappa shape index (κ2) is 3.29. The van der Waals surface area contributed by atoms with Crippen LogP contribution in [0.15, 0.2) is 0 Å². The Labute approximate surface area is 107 Å². The van der Waals surface area contributed by atoms with Crippen LogP contribution in [0.2, 0.25) is 0 Å². The topological polar surface area (TPSA) is 49.9 Å². The molecule has 96 valence electrons. The number of nitrogens with zero attached hydrogens (tertiary/aromatic N) is 2. The van der Waals surface area contributed by atoms with Crippen LogP contribution in [0.5, 0.6) is 0 Å². The van der Waals surface area contributed by atoms with E-state index < -0.39 is 12.6 Å². The van der Waals surface area contributed by atoms with Gasteiger partial charge in [0.15, 0.2) is 0 Å². The number of hydrogen-bond donors (Lipinski definition) is 0. The lowest BCUT2D eigenvalue weighted by molar-refractivity contribution is -0.168. The Bertz CT molecular complexity index is 401. The first kappa shape index (κ1) is 10.8. The van der Waals surface area contributed by atoms with Crippen LogP contribution in [0.4, 0.5) is 0 Å². The second-order valence-electron chi connectivity index (χ2n) is 5.96. The van der Waals surface area contributed by atoms with Gasteiger partial charge in [-0.2, -0.15) is 0 Å². The highest BCUT2D eigenvalue weighted by Gasteiger charge is 2.68. The molecule has 6 heteroatoms. The summed E-state index contributed by atoms with van der Waals surface area (Å²) >= 11 is 0. The Kier molecular flexibility index (Phi) is 1.98. The second-order valence-corrected chi connectivity index (χ2v) is 5.96. The summed E-state index contributed by atoms with van der Waals surface area (Å²) in [4.78, 5) is 28.9. The van der Waals surface area contributed by atoms with E-state index in [1.807, 2.05) is 16.5 Å². The van der Waals surface area contributed by atoms with E-state index >= 15 is 0 Å². The quantitative estimate of drug-likeness (QED) is 0.536. The maximum absolute atomic E-state index is 12.6. The van der Waals surface area contributed by atoms with E-state index in [0.29, 0.717) is 18.5 Å². The monoisotopic (exact) mass is 248 g/mol. The van der Waals surface area contributed by atoms with Gasteiger partial charge in [0.1, 0.15) is 5.41 Å². The molecule has 5 nitrogen and oxygen atoms in total. The van der Waals surface area contributed by atoms with Gasteiger partial charge in [-0.3, -0.25) is 9.59 Å². The molecule has 3 aliphatic heterocycles. The van der Waals surface area contributed by atoms with Gasteiger partial charge in [-0.05, 0) is 32.1 Å². The van der Waals surface area contributed by atoms with E-state index in [2.05, 4.69) is 0 Å². The summed E-state index contributed by atoms with van der Waals surface area (Å²) in [6.45, 7) is 2.19. The Morgan fingerprint density at radius 1 is 1.17 bits per heavy atom. The fourth-order valence-corrected chi connectivity index (χ4v) is 3.22. The molecule has 18 heavy (non-hydrogen) atoms. The molecule has 0 unspecified atom stereocenters. The highest BCUT2D eigenvalue weighted by molar-refractivity contribution is 6.57. The molecule has 3 saturated heterocycles. The predicted octanol–water partition coefficient (Wildman–Crippen LogP) is 0.393. The molecular weight excluding hydrogens is 231 g/mol. The van der Waals surface area contributed by atoms with Crippen molar-refractivity contribution in [2.75, 3.05) is 6.61 Å². The molecule has 0 aromatic heterocycles. The number of amides is 2. The van der Waals surface area contributed by atoms with Gasteiger partial charge in [0.25, 0.3) is 0 Å². The molecule has 0 aromatic rings. The van der Waals surface area contributed by atoms with E-state index in [9.17, 15) is 9.59 Å². The van der Waals surface area contributed by atoms with Crippen molar-refractivity contribution in [3.05, 3.63) is 0 Å². The van der Waals surface area contributed by atoms with E-state index in [1.54, 1.807) is 0 Å². The molecular formula is C12H17BN2O3. The van der Waals surface area contributed by atoms with Gasteiger partial charge in [0, 0.05) is 12.1 Å². The van der Waals surface area contributed by atoms with Gasteiger partial charge in [0.05, 0.1) is 6.61 Å². The zero-order valence-corrected chi connectivity index (χ0v) is 10.6. The third kappa shape index (κ3) is 1.17. The number of carbonyl (C=O) groups is 2. The average molecular weight is 248 g/mol. The van der Waals surface area contributed by atoms with Gasteiger partial charge in [-0.1, -0.05) is 6.92 Å². The van der Waals surface area contributed by atoms with Gasteiger partial charge < -0.3 is 14.3 Å². The van der Waals surface area contributed by atoms with Crippen LogP contribution in [0.1, 0.15) is 39.0 Å². The van der Waals surface area contributed by atoms with E-state index in [-0.39, 0.29) is 18.4 Å². The van der Waals surface area contributed by atoms with Gasteiger partial charge >= 0.3 is 7.19 Å². The van der Waals surface area contributed by atoms with Crippen molar-refractivity contribution in [1.29, 1.82) is 0 Å². The minimum absolute atomic E-state index is 0.0191. The molecule has 0 aromatic carbocycles. The van der Waals surface area contributed by atoms with Gasteiger partial charge in [0.2, 0.25) is 11.8 Å². The van der Waals surface area contributed by atoms with Gasteiger partial charge in [-0.25, -0.2) is 0 Å². The average Bonchev–Trinajstić information content (AvgIpc) is 3.23. The Morgan fingerprint density at radius 2 is 1.67 bits per heavy atom. The molecule has 3 heterocycles. The van der Waals surface area contributed by atoms with Crippen molar-refractivity contribution in [2.24, 2.45) is 5.41 Å². The van der Waals surface area contributed by atoms with Crippen LogP contribution >= 0.6 is 0 Å². The molecule has 0 radical (unpaired) electrons. The number of rotatable bonds is 3. The van der Waals surface area contributed by atoms with Crippen LogP contribution in [0.3, 0.4) is 0 Å². The molecule has 2 aliphatic carbocycles. The van der Waals surface area contributed by atoms with Crippen LogP contribution < -0.4 is 0 Å². The largest absolute Gasteiger partial charge is 0.553 e. The Hall–Kier alpha value is -1.04. The number of fused-ring (bicyclic) bond motifs is 3. The summed E-state index contributed by atoms with van der Waals surface area (Å²) in [5, 5.41) is 0. The minimum atomic E-state index is -0.917. The van der Waals surface area contributed by atoms with Crippen molar-refractivity contribution >= 4 is 19.0 Å². The molecule has 2 saturated carbocycles. The lowest BCUT2D eigenvalue weighted by atomic mass is 9.68. The molecule has 5 rings (SSSR count). The SMILES string of the molecule is CCC12COB(N(C3CC3)C1=O)N(C1CC1)C2=O. The molecule has 0 spiro atoms. The molecule has 5 fully saturated rings. The summed E-state index contributed by atoms with van der Waals surface area (Å²) in [7, 11) is -0.404. The fourth-order valence-electron chi connectivity index (χ4n) is 3.22. The predicted molar refractivity (Wildman–Crippen MR) is 64.2 cm³/mol. The van der Waals surface area contributed by atoms with Crippen molar-refractivity contribution in [2.45, 2.75) is 51.1 Å². The van der Waals surface area contributed by atoms with Crippen LogP contribution in [0, 0.1) is 5.41 Å². The van der Waals surface area contributed by atoms with Crippen molar-refractivity contribution in [3.8, 4) is 0 Å². The van der Waals surface area contributed by atoms with Crippen LogP contribution in [-0.2, 0) is 14.2 Å². The van der Waals surface area contributed by atoms with Crippen molar-refractivity contribution in [3.63, 3.8) is 0 Å². The van der Waals surface area contributed by atoms with Crippen LogP contribution in [-0.4, -0.2) is 47.3 Å². The summed E-state index contributed by atoms with van der Waals surface area (Å²) in [6, 6.07) is 0.617. The molecule has 0 atom stereocenters. The highest BCUT2D eigenvalue weighted by Crippen LogP contribution is 2.47. The zero-order chi connectivity index (χ0) is 12.5. The summed E-state index contributed by atoms with van der Waals surface area (Å²) < 4.78 is 5.85. The van der Waals surface area contributed by atoms with Crippen molar-refractivity contribution < 1.29 is 14.2 Å². The normalized spacial score (nSPS) is 30.4. The zero-order valence-electron chi connectivity index (χ0n) is 10.6. The van der Waals surface area contributed by atoms with E-state index in [0.717, 1.165) is 25.7 Å². The smallest absolute Gasteiger partial charge is 0.396 e. The highest BCUT2D eigenvalue weighted by atomic mass is 16.5. The van der Waals surface area contributed by atoms with E-state index in [1.165, 1.54) is 0 Å². The van der Waals surface area contributed by atoms with Crippen molar-refractivity contribution in [1.82, 2.24) is 9.62 Å². The number of carbonyl (C=O) groups excluding carboxylic acids is 2. The van der Waals surface area contributed by atoms with Crippen LogP contribution in [0.25, 0.3) is 0 Å². The Balaban J connectivity index is 1.77. The first-order valence-electron chi connectivity index (χ1n) is 6.96. The third-order valence-electron chi connectivity index (χ3n) is 4.73. The maximum atomic E-state index is 12.6. The Morgan fingerprint density at radius 3 is 2.06 bits per heavy atom. The van der Waals surface area contributed by atoms with Gasteiger partial charge in [-0.15, -0.1) is 0 Å². The lowest BCUT2D eigenvalue weighted by Crippen LogP contribution is -2.77. The van der Waals surface area contributed by atoms with E-state index in [4.69, 9.17) is 4.65 Å². The molecule has 0 N–H and O–H groups in total. The lowest BCUT2D eigenvalue weighted by Gasteiger charge is -2.53. The summed E-state index contributed by atoms with van der Waals surface area (Å²) in [6.07, 6.45) is 4.76. The molecule has 2 amide bonds. The minimum Gasteiger partial charge on any atom is -0.396 e. The standard InChI is InChI=1S/C12H17BN2O3/c1-2-12-7-18-13(14(10(12)16)8-3-4-8)15(11(12)17)9-5-6-9/h8-9H,2-7H2,1H3. The fraction of sp³-hybridized carbons (Fsp3) is 0.833. The molecule has 2 bridgehead atoms. The summed E-state index contributed by atoms with van der Waals surface area (Å²) in [5.41, 5.74) is -0.917. The third-order valence-corrected chi connectivity index (χ3v) is 4.73. The molecule has 5 aliphatic rings. The maximum Gasteiger partial charge on any atom is 0.553 e.